The highest BCUT2D eigenvalue weighted by atomic mass is 16.2. The Morgan fingerprint density at radius 1 is 0.778 bits per heavy atom. The monoisotopic (exact) mass is 379 g/mol. The molecule has 2 aliphatic rings. The summed E-state index contributed by atoms with van der Waals surface area (Å²) >= 11 is 0. The number of hydrogen-bond acceptors (Lipinski definition) is 3. The maximum Gasteiger partial charge on any atom is 0.220 e. The summed E-state index contributed by atoms with van der Waals surface area (Å²) in [5.74, 6) is 0.182. The summed E-state index contributed by atoms with van der Waals surface area (Å²) < 4.78 is 0. The molecule has 2 amide bonds. The lowest BCUT2D eigenvalue weighted by molar-refractivity contribution is -0.126. The standard InChI is InChI=1S/C22H41N3O2/c1-21(2,3)12-19(26)23-17-14-25(16-10-8-7-9-11-16)15-18(17)24-20(27)13-22(4,5)6/h16-18H,7-15H2,1-6H3,(H,23,26)(H,24,27)/t17-,18-/m1/s1. The van der Waals surface area contributed by atoms with Gasteiger partial charge in [0.25, 0.3) is 0 Å². The van der Waals surface area contributed by atoms with Crippen molar-refractivity contribution < 1.29 is 9.59 Å². The van der Waals surface area contributed by atoms with E-state index in [0.717, 1.165) is 13.1 Å². The van der Waals surface area contributed by atoms with Crippen LogP contribution >= 0.6 is 0 Å². The highest BCUT2D eigenvalue weighted by Gasteiger charge is 2.38. The maximum atomic E-state index is 12.5. The van der Waals surface area contributed by atoms with E-state index in [2.05, 4.69) is 57.1 Å². The van der Waals surface area contributed by atoms with Gasteiger partial charge in [0.2, 0.25) is 11.8 Å². The zero-order valence-corrected chi connectivity index (χ0v) is 18.4. The summed E-state index contributed by atoms with van der Waals surface area (Å²) in [6, 6.07) is 0.613. The third kappa shape index (κ3) is 7.81. The molecule has 1 heterocycles. The molecule has 1 saturated carbocycles. The van der Waals surface area contributed by atoms with E-state index in [1.54, 1.807) is 0 Å². The van der Waals surface area contributed by atoms with Crippen molar-refractivity contribution in [3.8, 4) is 0 Å². The summed E-state index contributed by atoms with van der Waals surface area (Å²) in [5.41, 5.74) is -0.0621. The molecule has 0 unspecified atom stereocenters. The number of carbonyl (C=O) groups is 2. The van der Waals surface area contributed by atoms with Gasteiger partial charge in [-0.15, -0.1) is 0 Å². The second kappa shape index (κ2) is 8.93. The van der Waals surface area contributed by atoms with E-state index >= 15 is 0 Å². The normalized spacial score (nSPS) is 25.4. The molecule has 2 rings (SSSR count). The van der Waals surface area contributed by atoms with E-state index in [0.29, 0.717) is 18.9 Å². The van der Waals surface area contributed by atoms with Gasteiger partial charge in [-0.3, -0.25) is 14.5 Å². The smallest absolute Gasteiger partial charge is 0.220 e. The molecule has 0 aromatic carbocycles. The Bertz CT molecular complexity index is 475. The molecule has 0 aromatic rings. The minimum atomic E-state index is -0.0310. The minimum Gasteiger partial charge on any atom is -0.350 e. The predicted molar refractivity (Wildman–Crippen MR) is 110 cm³/mol. The van der Waals surface area contributed by atoms with Crippen LogP contribution in [0, 0.1) is 10.8 Å². The molecule has 1 aliphatic carbocycles. The number of nitrogens with one attached hydrogen (secondary N) is 2. The molecule has 1 saturated heterocycles. The van der Waals surface area contributed by atoms with E-state index in [1.807, 2.05) is 0 Å². The third-order valence-electron chi connectivity index (χ3n) is 5.51. The Kier molecular flexibility index (Phi) is 7.34. The van der Waals surface area contributed by atoms with Crippen LogP contribution in [0.5, 0.6) is 0 Å². The van der Waals surface area contributed by atoms with E-state index in [-0.39, 0.29) is 34.7 Å². The first kappa shape index (κ1) is 22.2. The van der Waals surface area contributed by atoms with Crippen LogP contribution in [0.1, 0.15) is 86.5 Å². The van der Waals surface area contributed by atoms with E-state index < -0.39 is 0 Å². The second-order valence-corrected chi connectivity index (χ2v) is 11.1. The molecular weight excluding hydrogens is 338 g/mol. The average Bonchev–Trinajstić information content (AvgIpc) is 2.86. The van der Waals surface area contributed by atoms with Gasteiger partial charge in [-0.25, -0.2) is 0 Å². The molecule has 0 spiro atoms. The fraction of sp³-hybridized carbons (Fsp3) is 0.909. The van der Waals surface area contributed by atoms with Crippen LogP contribution in [0.15, 0.2) is 0 Å². The second-order valence-electron chi connectivity index (χ2n) is 11.1. The Balaban J connectivity index is 2.01. The number of hydrogen-bond donors (Lipinski definition) is 2. The van der Waals surface area contributed by atoms with Crippen molar-refractivity contribution in [2.45, 2.75) is 105 Å². The van der Waals surface area contributed by atoms with Crippen LogP contribution in [-0.2, 0) is 9.59 Å². The minimum absolute atomic E-state index is 0.00527. The molecule has 0 radical (unpaired) electrons. The van der Waals surface area contributed by atoms with Crippen molar-refractivity contribution in [3.05, 3.63) is 0 Å². The van der Waals surface area contributed by atoms with Gasteiger partial charge in [0.15, 0.2) is 0 Å². The zero-order chi connectivity index (χ0) is 20.2. The summed E-state index contributed by atoms with van der Waals surface area (Å²) in [4.78, 5) is 27.5. The first-order valence-electron chi connectivity index (χ1n) is 10.8. The number of rotatable bonds is 5. The van der Waals surface area contributed by atoms with E-state index in [4.69, 9.17) is 0 Å². The van der Waals surface area contributed by atoms with Gasteiger partial charge >= 0.3 is 0 Å². The Morgan fingerprint density at radius 3 is 1.56 bits per heavy atom. The molecule has 5 heteroatoms. The number of amides is 2. The van der Waals surface area contributed by atoms with Crippen molar-refractivity contribution in [2.24, 2.45) is 10.8 Å². The van der Waals surface area contributed by atoms with E-state index in [9.17, 15) is 9.59 Å². The molecule has 0 bridgehead atoms. The van der Waals surface area contributed by atoms with Crippen LogP contribution in [0.3, 0.4) is 0 Å². The lowest BCUT2D eigenvalue weighted by Gasteiger charge is -2.31. The number of carbonyl (C=O) groups excluding carboxylic acids is 2. The zero-order valence-electron chi connectivity index (χ0n) is 18.4. The Morgan fingerprint density at radius 2 is 1.19 bits per heavy atom. The van der Waals surface area contributed by atoms with Crippen LogP contribution in [0.25, 0.3) is 0 Å². The van der Waals surface area contributed by atoms with Gasteiger partial charge in [0.05, 0.1) is 12.1 Å². The van der Waals surface area contributed by atoms with Gasteiger partial charge in [-0.2, -0.15) is 0 Å². The SMILES string of the molecule is CC(C)(C)CC(=O)N[C@@H]1CN(C2CCCCC2)C[C@H]1NC(=O)CC(C)(C)C. The summed E-state index contributed by atoms with van der Waals surface area (Å²) in [5, 5.41) is 6.45. The molecule has 5 nitrogen and oxygen atoms in total. The Labute approximate surface area is 166 Å². The molecule has 2 atom stereocenters. The average molecular weight is 380 g/mol. The first-order chi connectivity index (χ1) is 12.4. The summed E-state index contributed by atoms with van der Waals surface area (Å²) in [7, 11) is 0. The van der Waals surface area contributed by atoms with Crippen LogP contribution < -0.4 is 10.6 Å². The van der Waals surface area contributed by atoms with Gasteiger partial charge in [-0.05, 0) is 23.7 Å². The van der Waals surface area contributed by atoms with Gasteiger partial charge in [0.1, 0.15) is 0 Å². The van der Waals surface area contributed by atoms with Gasteiger partial charge in [0, 0.05) is 32.0 Å². The molecule has 2 fully saturated rings. The molecule has 2 N–H and O–H groups in total. The van der Waals surface area contributed by atoms with Crippen molar-refractivity contribution in [3.63, 3.8) is 0 Å². The molecule has 27 heavy (non-hydrogen) atoms. The first-order valence-corrected chi connectivity index (χ1v) is 10.8. The van der Waals surface area contributed by atoms with Gasteiger partial charge in [-0.1, -0.05) is 60.8 Å². The highest BCUT2D eigenvalue weighted by molar-refractivity contribution is 5.78. The fourth-order valence-electron chi connectivity index (χ4n) is 4.35. The Hall–Kier alpha value is -1.10. The van der Waals surface area contributed by atoms with Crippen molar-refractivity contribution in [1.29, 1.82) is 0 Å². The van der Waals surface area contributed by atoms with E-state index in [1.165, 1.54) is 32.1 Å². The third-order valence-corrected chi connectivity index (χ3v) is 5.51. The molecule has 0 aromatic heterocycles. The summed E-state index contributed by atoms with van der Waals surface area (Å²) in [6.07, 6.45) is 7.43. The van der Waals surface area contributed by atoms with Gasteiger partial charge < -0.3 is 10.6 Å². The number of nitrogens with zero attached hydrogens (tertiary/aromatic N) is 1. The maximum absolute atomic E-state index is 12.5. The van der Waals surface area contributed by atoms with Crippen molar-refractivity contribution in [1.82, 2.24) is 15.5 Å². The lowest BCUT2D eigenvalue weighted by atomic mass is 9.91. The summed E-state index contributed by atoms with van der Waals surface area (Å²) in [6.45, 7) is 14.2. The molecule has 1 aliphatic heterocycles. The van der Waals surface area contributed by atoms with Crippen molar-refractivity contribution in [2.75, 3.05) is 13.1 Å². The van der Waals surface area contributed by atoms with Crippen LogP contribution in [0.4, 0.5) is 0 Å². The fourth-order valence-corrected chi connectivity index (χ4v) is 4.35. The highest BCUT2D eigenvalue weighted by Crippen LogP contribution is 2.27. The number of likely N-dealkylation sites (tertiary alicyclic amines) is 1. The topological polar surface area (TPSA) is 61.4 Å². The lowest BCUT2D eigenvalue weighted by Crippen LogP contribution is -2.51. The quantitative estimate of drug-likeness (QED) is 0.769. The van der Waals surface area contributed by atoms with Crippen LogP contribution in [-0.4, -0.2) is 47.9 Å². The van der Waals surface area contributed by atoms with Crippen LogP contribution in [0.2, 0.25) is 0 Å². The molecular formula is C22H41N3O2. The predicted octanol–water partition coefficient (Wildman–Crippen LogP) is 3.48. The largest absolute Gasteiger partial charge is 0.350 e. The van der Waals surface area contributed by atoms with Crippen molar-refractivity contribution >= 4 is 11.8 Å². The molecule has 156 valence electrons.